The van der Waals surface area contributed by atoms with Gasteiger partial charge in [-0.25, -0.2) is 4.79 Å². The molecule has 0 amide bonds. The summed E-state index contributed by atoms with van der Waals surface area (Å²) in [5, 5.41) is 0.723. The van der Waals surface area contributed by atoms with Crippen molar-refractivity contribution in [1.29, 1.82) is 0 Å². The minimum Gasteiger partial charge on any atom is -0.465 e. The van der Waals surface area contributed by atoms with Crippen molar-refractivity contribution in [3.8, 4) is 0 Å². The third-order valence-electron chi connectivity index (χ3n) is 4.26. The van der Waals surface area contributed by atoms with E-state index in [2.05, 4.69) is 0 Å². The average molecular weight is 321 g/mol. The van der Waals surface area contributed by atoms with Gasteiger partial charge in [-0.1, -0.05) is 55.5 Å². The third-order valence-corrected chi connectivity index (χ3v) is 4.26. The van der Waals surface area contributed by atoms with Gasteiger partial charge in [0.1, 0.15) is 0 Å². The molecule has 2 aromatic carbocycles. The van der Waals surface area contributed by atoms with E-state index in [0.29, 0.717) is 12.0 Å². The highest BCUT2D eigenvalue weighted by Gasteiger charge is 2.24. The van der Waals surface area contributed by atoms with E-state index in [-0.39, 0.29) is 11.8 Å². The third kappa shape index (κ3) is 2.71. The van der Waals surface area contributed by atoms with E-state index in [0.717, 1.165) is 16.5 Å². The van der Waals surface area contributed by atoms with Crippen LogP contribution in [0.3, 0.4) is 0 Å². The van der Waals surface area contributed by atoms with Crippen LogP contribution in [0.5, 0.6) is 0 Å². The van der Waals surface area contributed by atoms with Gasteiger partial charge in [-0.05, 0) is 18.1 Å². The topological polar surface area (TPSA) is 48.3 Å². The van der Waals surface area contributed by atoms with Gasteiger partial charge in [-0.15, -0.1) is 0 Å². The molecular weight excluding hydrogens is 302 g/mol. The van der Waals surface area contributed by atoms with Crippen molar-refractivity contribution in [1.82, 2.24) is 4.57 Å². The lowest BCUT2D eigenvalue weighted by Crippen LogP contribution is -2.19. The minimum absolute atomic E-state index is 0.0462. The largest absolute Gasteiger partial charge is 0.465 e. The summed E-state index contributed by atoms with van der Waals surface area (Å²) < 4.78 is 6.42. The second-order valence-corrected chi connectivity index (χ2v) is 5.63. The van der Waals surface area contributed by atoms with Crippen LogP contribution in [0.1, 0.15) is 40.0 Å². The SMILES string of the molecule is CC[C@H](C(=O)n1cc(C(=O)OC)c2ccccc21)c1ccccc1. The minimum atomic E-state index is -0.439. The molecule has 1 aromatic heterocycles. The number of methoxy groups -OCH3 is 1. The summed E-state index contributed by atoms with van der Waals surface area (Å²) >= 11 is 0. The van der Waals surface area contributed by atoms with Crippen molar-refractivity contribution >= 4 is 22.8 Å². The summed E-state index contributed by atoms with van der Waals surface area (Å²) in [6.45, 7) is 1.99. The number of nitrogens with zero attached hydrogens (tertiary/aromatic N) is 1. The van der Waals surface area contributed by atoms with Crippen molar-refractivity contribution in [3.05, 3.63) is 71.9 Å². The average Bonchev–Trinajstić information content (AvgIpc) is 3.02. The Kier molecular flexibility index (Phi) is 4.47. The van der Waals surface area contributed by atoms with Crippen molar-refractivity contribution < 1.29 is 14.3 Å². The molecule has 0 aliphatic heterocycles. The molecule has 24 heavy (non-hydrogen) atoms. The molecule has 0 fully saturated rings. The number of ether oxygens (including phenoxy) is 1. The first-order chi connectivity index (χ1) is 11.7. The van der Waals surface area contributed by atoms with Gasteiger partial charge in [0.2, 0.25) is 5.91 Å². The first-order valence-electron chi connectivity index (χ1n) is 7.95. The predicted octanol–water partition coefficient (Wildman–Crippen LogP) is 4.26. The van der Waals surface area contributed by atoms with Gasteiger partial charge < -0.3 is 4.74 Å². The standard InChI is InChI=1S/C20H19NO3/c1-3-15(14-9-5-4-6-10-14)19(22)21-13-17(20(23)24-2)16-11-7-8-12-18(16)21/h4-13,15H,3H2,1-2H3/t15-/m0/s1. The number of esters is 1. The summed E-state index contributed by atoms with van der Waals surface area (Å²) in [6.07, 6.45) is 2.27. The zero-order valence-corrected chi connectivity index (χ0v) is 13.7. The van der Waals surface area contributed by atoms with E-state index < -0.39 is 5.97 Å². The van der Waals surface area contributed by atoms with Crippen molar-refractivity contribution in [2.45, 2.75) is 19.3 Å². The Morgan fingerprint density at radius 3 is 2.38 bits per heavy atom. The first-order valence-corrected chi connectivity index (χ1v) is 7.95. The molecule has 3 rings (SSSR count). The highest BCUT2D eigenvalue weighted by atomic mass is 16.5. The fourth-order valence-corrected chi connectivity index (χ4v) is 3.04. The number of para-hydroxylation sites is 1. The fourth-order valence-electron chi connectivity index (χ4n) is 3.04. The Hall–Kier alpha value is -2.88. The van der Waals surface area contributed by atoms with E-state index in [1.165, 1.54) is 7.11 Å². The van der Waals surface area contributed by atoms with E-state index in [1.807, 2.05) is 61.5 Å². The summed E-state index contributed by atoms with van der Waals surface area (Å²) in [5.41, 5.74) is 2.10. The predicted molar refractivity (Wildman–Crippen MR) is 93.4 cm³/mol. The smallest absolute Gasteiger partial charge is 0.340 e. The van der Waals surface area contributed by atoms with Crippen molar-refractivity contribution in [2.24, 2.45) is 0 Å². The van der Waals surface area contributed by atoms with Crippen molar-refractivity contribution in [3.63, 3.8) is 0 Å². The maximum atomic E-state index is 13.1. The highest BCUT2D eigenvalue weighted by molar-refractivity contribution is 6.07. The van der Waals surface area contributed by atoms with Crippen LogP contribution < -0.4 is 0 Å². The van der Waals surface area contributed by atoms with Crippen molar-refractivity contribution in [2.75, 3.05) is 7.11 Å². The maximum absolute atomic E-state index is 13.1. The fraction of sp³-hybridized carbons (Fsp3) is 0.200. The monoisotopic (exact) mass is 321 g/mol. The lowest BCUT2D eigenvalue weighted by Gasteiger charge is -2.15. The quantitative estimate of drug-likeness (QED) is 0.675. The number of hydrogen-bond acceptors (Lipinski definition) is 3. The Bertz CT molecular complexity index is 880. The molecular formula is C20H19NO3. The number of rotatable bonds is 4. The van der Waals surface area contributed by atoms with E-state index in [4.69, 9.17) is 4.74 Å². The van der Waals surface area contributed by atoms with Crippen LogP contribution in [-0.2, 0) is 4.74 Å². The van der Waals surface area contributed by atoms with Gasteiger partial charge >= 0.3 is 5.97 Å². The summed E-state index contributed by atoms with van der Waals surface area (Å²) in [4.78, 5) is 25.2. The molecule has 4 nitrogen and oxygen atoms in total. The summed E-state index contributed by atoms with van der Waals surface area (Å²) in [6, 6.07) is 17.1. The van der Waals surface area contributed by atoms with Gasteiger partial charge in [0.05, 0.1) is 24.1 Å². The second-order valence-electron chi connectivity index (χ2n) is 5.63. The molecule has 3 aromatic rings. The zero-order valence-electron chi connectivity index (χ0n) is 13.7. The Morgan fingerprint density at radius 2 is 1.71 bits per heavy atom. The molecule has 0 bridgehead atoms. The number of carbonyl (C=O) groups excluding carboxylic acids is 2. The van der Waals surface area contributed by atoms with Crippen LogP contribution in [0.25, 0.3) is 10.9 Å². The summed E-state index contributed by atoms with van der Waals surface area (Å²) in [7, 11) is 1.34. The molecule has 0 radical (unpaired) electrons. The second kappa shape index (κ2) is 6.71. The van der Waals surface area contributed by atoms with Gasteiger partial charge in [0.25, 0.3) is 0 Å². The Labute approximate surface area is 140 Å². The lowest BCUT2D eigenvalue weighted by molar-refractivity contribution is 0.0603. The van der Waals surface area contributed by atoms with Crippen LogP contribution in [0.15, 0.2) is 60.8 Å². The summed E-state index contributed by atoms with van der Waals surface area (Å²) in [5.74, 6) is -0.743. The number of fused-ring (bicyclic) bond motifs is 1. The molecule has 1 atom stereocenters. The van der Waals surface area contributed by atoms with Crippen LogP contribution in [-0.4, -0.2) is 23.6 Å². The molecule has 0 spiro atoms. The number of benzene rings is 2. The number of aromatic nitrogens is 1. The van der Waals surface area contributed by atoms with Crippen LogP contribution >= 0.6 is 0 Å². The van der Waals surface area contributed by atoms with E-state index >= 15 is 0 Å². The van der Waals surface area contributed by atoms with E-state index in [9.17, 15) is 9.59 Å². The van der Waals surface area contributed by atoms with Gasteiger partial charge in [0, 0.05) is 11.6 Å². The molecule has 0 aliphatic carbocycles. The molecule has 0 aliphatic rings. The van der Waals surface area contributed by atoms with Gasteiger partial charge in [-0.3, -0.25) is 9.36 Å². The zero-order chi connectivity index (χ0) is 17.1. The molecule has 0 saturated heterocycles. The van der Waals surface area contributed by atoms with Gasteiger partial charge in [-0.2, -0.15) is 0 Å². The van der Waals surface area contributed by atoms with Crippen LogP contribution in [0.2, 0.25) is 0 Å². The Balaban J connectivity index is 2.11. The molecule has 0 unspecified atom stereocenters. The number of carbonyl (C=O) groups is 2. The maximum Gasteiger partial charge on any atom is 0.340 e. The molecule has 4 heteroatoms. The Morgan fingerprint density at radius 1 is 1.04 bits per heavy atom. The van der Waals surface area contributed by atoms with Crippen LogP contribution in [0, 0.1) is 0 Å². The molecule has 0 N–H and O–H groups in total. The van der Waals surface area contributed by atoms with E-state index in [1.54, 1.807) is 10.8 Å². The first kappa shape index (κ1) is 16.0. The molecule has 1 heterocycles. The van der Waals surface area contributed by atoms with Gasteiger partial charge in [0.15, 0.2) is 0 Å². The molecule has 0 saturated carbocycles. The lowest BCUT2D eigenvalue weighted by atomic mass is 9.95. The highest BCUT2D eigenvalue weighted by Crippen LogP contribution is 2.27. The number of hydrogen-bond donors (Lipinski definition) is 0. The van der Waals surface area contributed by atoms with Crippen LogP contribution in [0.4, 0.5) is 0 Å². The molecule has 122 valence electrons. The normalized spacial score (nSPS) is 12.1.